The molecule has 0 unspecified atom stereocenters. The molecule has 6 nitrogen and oxygen atoms in total. The summed E-state index contributed by atoms with van der Waals surface area (Å²) >= 11 is 0. The van der Waals surface area contributed by atoms with Crippen LogP contribution in [0.3, 0.4) is 0 Å². The van der Waals surface area contributed by atoms with Crippen molar-refractivity contribution in [2.24, 2.45) is 10.9 Å². The summed E-state index contributed by atoms with van der Waals surface area (Å²) in [5, 5.41) is 6.54. The molecule has 1 aromatic rings. The minimum Gasteiger partial charge on any atom is -0.356 e. The van der Waals surface area contributed by atoms with Gasteiger partial charge in [0.25, 0.3) is 11.8 Å². The largest absolute Gasteiger partial charge is 0.356 e. The summed E-state index contributed by atoms with van der Waals surface area (Å²) in [5.41, 5.74) is 1.03. The van der Waals surface area contributed by atoms with Crippen molar-refractivity contribution in [3.63, 3.8) is 0 Å². The Balaban J connectivity index is 0.00000338. The van der Waals surface area contributed by atoms with Gasteiger partial charge >= 0.3 is 0 Å². The van der Waals surface area contributed by atoms with E-state index in [4.69, 9.17) is 0 Å². The van der Waals surface area contributed by atoms with Gasteiger partial charge in [0, 0.05) is 26.7 Å². The number of rotatable bonds is 8. The number of guanidine groups is 1. The minimum atomic E-state index is -0.181. The molecule has 2 N–H and O–H groups in total. The lowest BCUT2D eigenvalue weighted by molar-refractivity contribution is 0.0652. The Morgan fingerprint density at radius 3 is 2.15 bits per heavy atom. The summed E-state index contributed by atoms with van der Waals surface area (Å²) in [6.45, 7) is 6.48. The molecular weight excluding hydrogens is 443 g/mol. The number of benzene rings is 1. The van der Waals surface area contributed by atoms with E-state index >= 15 is 0 Å². The van der Waals surface area contributed by atoms with Crippen LogP contribution in [0.5, 0.6) is 0 Å². The number of unbranched alkanes of at least 4 members (excludes halogenated alkanes) is 1. The van der Waals surface area contributed by atoms with Crippen LogP contribution in [-0.2, 0) is 0 Å². The van der Waals surface area contributed by atoms with Gasteiger partial charge in [-0.2, -0.15) is 0 Å². The minimum absolute atomic E-state index is 0. The van der Waals surface area contributed by atoms with Crippen molar-refractivity contribution in [3.8, 4) is 0 Å². The average molecular weight is 472 g/mol. The third-order valence-electron chi connectivity index (χ3n) is 4.22. The predicted octanol–water partition coefficient (Wildman–Crippen LogP) is 2.89. The van der Waals surface area contributed by atoms with Gasteiger partial charge in [0.15, 0.2) is 5.96 Å². The zero-order chi connectivity index (χ0) is 18.2. The summed E-state index contributed by atoms with van der Waals surface area (Å²) in [6.07, 6.45) is 2.72. The summed E-state index contributed by atoms with van der Waals surface area (Å²) < 4.78 is 0. The third kappa shape index (κ3) is 5.96. The highest BCUT2D eigenvalue weighted by atomic mass is 127. The molecule has 2 rings (SSSR count). The number of amides is 2. The third-order valence-corrected chi connectivity index (χ3v) is 4.22. The number of imide groups is 1. The van der Waals surface area contributed by atoms with Crippen molar-refractivity contribution in [1.29, 1.82) is 0 Å². The fourth-order valence-electron chi connectivity index (χ4n) is 2.74. The highest BCUT2D eigenvalue weighted by Crippen LogP contribution is 2.22. The Bertz CT molecular complexity index is 611. The van der Waals surface area contributed by atoms with Crippen LogP contribution in [-0.4, -0.2) is 49.4 Å². The highest BCUT2D eigenvalue weighted by molar-refractivity contribution is 14.0. The van der Waals surface area contributed by atoms with E-state index in [-0.39, 0.29) is 35.8 Å². The zero-order valence-electron chi connectivity index (χ0n) is 15.7. The summed E-state index contributed by atoms with van der Waals surface area (Å²) in [4.78, 5) is 30.1. The highest BCUT2D eigenvalue weighted by Gasteiger charge is 2.34. The number of carbonyl (C=O) groups excluding carboxylic acids is 2. The second-order valence-electron chi connectivity index (χ2n) is 6.62. The van der Waals surface area contributed by atoms with Gasteiger partial charge < -0.3 is 10.6 Å². The molecule has 2 amide bonds. The van der Waals surface area contributed by atoms with Crippen LogP contribution >= 0.6 is 24.0 Å². The van der Waals surface area contributed by atoms with Crippen molar-refractivity contribution >= 4 is 41.8 Å². The first kappa shape index (κ1) is 22.4. The van der Waals surface area contributed by atoms with Crippen molar-refractivity contribution in [1.82, 2.24) is 15.5 Å². The van der Waals surface area contributed by atoms with Crippen LogP contribution in [0.25, 0.3) is 0 Å². The van der Waals surface area contributed by atoms with Crippen LogP contribution in [0, 0.1) is 5.92 Å². The lowest BCUT2D eigenvalue weighted by atomic mass is 10.1. The number of hydrogen-bond acceptors (Lipinski definition) is 3. The fourth-order valence-corrected chi connectivity index (χ4v) is 2.74. The second-order valence-corrected chi connectivity index (χ2v) is 6.62. The SMILES string of the molecule is CN=C(NCCCCN1C(=O)c2ccccc2C1=O)NCCC(C)C.I. The van der Waals surface area contributed by atoms with Gasteiger partial charge in [0.1, 0.15) is 0 Å². The van der Waals surface area contributed by atoms with E-state index in [0.717, 1.165) is 38.3 Å². The van der Waals surface area contributed by atoms with E-state index in [9.17, 15) is 9.59 Å². The van der Waals surface area contributed by atoms with Gasteiger partial charge in [-0.1, -0.05) is 26.0 Å². The molecule has 0 fully saturated rings. The normalized spacial score (nSPS) is 13.7. The molecule has 0 aliphatic carbocycles. The topological polar surface area (TPSA) is 73.8 Å². The molecule has 0 saturated heterocycles. The molecule has 7 heteroatoms. The van der Waals surface area contributed by atoms with Crippen molar-refractivity contribution in [2.75, 3.05) is 26.7 Å². The number of aliphatic imine (C=N–C) groups is 1. The number of hydrogen-bond donors (Lipinski definition) is 2. The molecule has 1 aliphatic heterocycles. The van der Waals surface area contributed by atoms with Crippen LogP contribution in [0.4, 0.5) is 0 Å². The van der Waals surface area contributed by atoms with E-state index in [1.165, 1.54) is 4.90 Å². The van der Waals surface area contributed by atoms with Gasteiger partial charge in [0.05, 0.1) is 11.1 Å². The van der Waals surface area contributed by atoms with Crippen LogP contribution in [0.15, 0.2) is 29.3 Å². The fraction of sp³-hybridized carbons (Fsp3) is 0.526. The maximum absolute atomic E-state index is 12.3. The van der Waals surface area contributed by atoms with Gasteiger partial charge in [-0.3, -0.25) is 19.5 Å². The number of halogens is 1. The van der Waals surface area contributed by atoms with Crippen LogP contribution < -0.4 is 10.6 Å². The average Bonchev–Trinajstić information content (AvgIpc) is 2.84. The van der Waals surface area contributed by atoms with Gasteiger partial charge in [-0.05, 0) is 37.3 Å². The van der Waals surface area contributed by atoms with E-state index in [1.807, 2.05) is 0 Å². The maximum atomic E-state index is 12.3. The molecule has 1 aromatic carbocycles. The van der Waals surface area contributed by atoms with Crippen molar-refractivity contribution in [2.45, 2.75) is 33.1 Å². The molecule has 1 aliphatic rings. The van der Waals surface area contributed by atoms with E-state index < -0.39 is 0 Å². The summed E-state index contributed by atoms with van der Waals surface area (Å²) in [6, 6.07) is 7.00. The Morgan fingerprint density at radius 2 is 1.62 bits per heavy atom. The quantitative estimate of drug-likeness (QED) is 0.201. The van der Waals surface area contributed by atoms with Gasteiger partial charge in [-0.25, -0.2) is 0 Å². The Labute approximate surface area is 172 Å². The second kappa shape index (κ2) is 11.2. The number of carbonyl (C=O) groups is 2. The molecule has 1 heterocycles. The van der Waals surface area contributed by atoms with Crippen molar-refractivity contribution < 1.29 is 9.59 Å². The van der Waals surface area contributed by atoms with Gasteiger partial charge in [0.2, 0.25) is 0 Å². The van der Waals surface area contributed by atoms with E-state index in [0.29, 0.717) is 23.6 Å². The Kier molecular flexibility index (Phi) is 9.61. The Morgan fingerprint density at radius 1 is 1.04 bits per heavy atom. The molecule has 144 valence electrons. The van der Waals surface area contributed by atoms with E-state index in [2.05, 4.69) is 29.5 Å². The predicted molar refractivity (Wildman–Crippen MR) is 115 cm³/mol. The van der Waals surface area contributed by atoms with Crippen molar-refractivity contribution in [3.05, 3.63) is 35.4 Å². The number of fused-ring (bicyclic) bond motifs is 1. The molecule has 0 saturated carbocycles. The molecule has 0 atom stereocenters. The van der Waals surface area contributed by atoms with Gasteiger partial charge in [-0.15, -0.1) is 24.0 Å². The summed E-state index contributed by atoms with van der Waals surface area (Å²) in [7, 11) is 1.75. The molecule has 0 radical (unpaired) electrons. The lowest BCUT2D eigenvalue weighted by Crippen LogP contribution is -2.38. The first-order valence-corrected chi connectivity index (χ1v) is 8.94. The van der Waals surface area contributed by atoms with Crippen LogP contribution in [0.2, 0.25) is 0 Å². The monoisotopic (exact) mass is 472 g/mol. The smallest absolute Gasteiger partial charge is 0.261 e. The molecule has 26 heavy (non-hydrogen) atoms. The molecule has 0 spiro atoms. The maximum Gasteiger partial charge on any atom is 0.261 e. The number of nitrogens with one attached hydrogen (secondary N) is 2. The molecular formula is C19H29IN4O2. The summed E-state index contributed by atoms with van der Waals surface area (Å²) in [5.74, 6) is 1.09. The standard InChI is InChI=1S/C19H28N4O2.HI/c1-14(2)10-12-22-19(20-3)21-11-6-7-13-23-17(24)15-8-4-5-9-16(15)18(23)25;/h4-5,8-9,14H,6-7,10-13H2,1-3H3,(H2,20,21,22);1H. The first-order chi connectivity index (χ1) is 12.0. The van der Waals surface area contributed by atoms with E-state index in [1.54, 1.807) is 31.3 Å². The lowest BCUT2D eigenvalue weighted by Gasteiger charge is -2.15. The van der Waals surface area contributed by atoms with Crippen LogP contribution in [0.1, 0.15) is 53.8 Å². The Hall–Kier alpha value is -1.64. The number of nitrogens with zero attached hydrogens (tertiary/aromatic N) is 2. The zero-order valence-corrected chi connectivity index (χ0v) is 18.1. The first-order valence-electron chi connectivity index (χ1n) is 8.94. The molecule has 0 bridgehead atoms. The molecule has 0 aromatic heterocycles.